The van der Waals surface area contributed by atoms with Gasteiger partial charge in [-0.2, -0.15) is 5.26 Å². The Morgan fingerprint density at radius 2 is 1.85 bits per heavy atom. The molecule has 0 aliphatic heterocycles. The Labute approximate surface area is 165 Å². The van der Waals surface area contributed by atoms with Gasteiger partial charge in [0.2, 0.25) is 0 Å². The molecule has 0 amide bonds. The molecule has 0 spiro atoms. The highest BCUT2D eigenvalue weighted by atomic mass is 35.5. The fourth-order valence-corrected chi connectivity index (χ4v) is 2.77. The second kappa shape index (κ2) is 9.17. The van der Waals surface area contributed by atoms with E-state index in [4.69, 9.17) is 15.0 Å². The Hall–Kier alpha value is -2.88. The molecule has 0 aliphatic rings. The maximum atomic E-state index is 9.15. The molecule has 0 N–H and O–H groups in total. The lowest BCUT2D eigenvalue weighted by Gasteiger charge is -2.10. The molecule has 0 unspecified atom stereocenters. The first-order valence-corrected chi connectivity index (χ1v) is 8.31. The highest BCUT2D eigenvalue weighted by molar-refractivity contribution is 5.85. The summed E-state index contributed by atoms with van der Waals surface area (Å²) in [7, 11) is 5.70. The van der Waals surface area contributed by atoms with E-state index in [-0.39, 0.29) is 19.0 Å². The highest BCUT2D eigenvalue weighted by Crippen LogP contribution is 2.25. The van der Waals surface area contributed by atoms with Gasteiger partial charge in [0.05, 0.1) is 13.2 Å². The van der Waals surface area contributed by atoms with Crippen molar-refractivity contribution in [3.63, 3.8) is 0 Å². The van der Waals surface area contributed by atoms with Crippen molar-refractivity contribution < 1.29 is 4.74 Å². The third-order valence-corrected chi connectivity index (χ3v) is 3.92. The van der Waals surface area contributed by atoms with E-state index >= 15 is 0 Å². The Bertz CT molecular complexity index is 928. The Morgan fingerprint density at radius 1 is 1.11 bits per heavy atom. The van der Waals surface area contributed by atoms with E-state index in [1.165, 1.54) is 5.56 Å². The van der Waals surface area contributed by atoms with Gasteiger partial charge in [0.15, 0.2) is 11.6 Å². The van der Waals surface area contributed by atoms with Crippen LogP contribution in [0, 0.1) is 11.3 Å². The van der Waals surface area contributed by atoms with Crippen LogP contribution in [0.5, 0.6) is 5.75 Å². The van der Waals surface area contributed by atoms with E-state index in [9.17, 15) is 0 Å². The maximum absolute atomic E-state index is 9.15. The van der Waals surface area contributed by atoms with Crippen LogP contribution in [0.1, 0.15) is 5.56 Å². The van der Waals surface area contributed by atoms with Gasteiger partial charge in [0.1, 0.15) is 12.3 Å². The largest absolute Gasteiger partial charge is 0.497 e. The molecule has 7 heteroatoms. The summed E-state index contributed by atoms with van der Waals surface area (Å²) in [6.45, 7) is 0.988. The van der Waals surface area contributed by atoms with Crippen LogP contribution in [0.3, 0.4) is 0 Å². The van der Waals surface area contributed by atoms with E-state index in [1.54, 1.807) is 11.8 Å². The first-order chi connectivity index (χ1) is 12.6. The third kappa shape index (κ3) is 4.85. The van der Waals surface area contributed by atoms with Crippen LogP contribution in [-0.2, 0) is 13.1 Å². The minimum atomic E-state index is 0. The number of rotatable bonds is 6. The molecule has 27 heavy (non-hydrogen) atoms. The van der Waals surface area contributed by atoms with Gasteiger partial charge >= 0.3 is 0 Å². The average Bonchev–Trinajstić information content (AvgIpc) is 3.06. The van der Waals surface area contributed by atoms with Crippen molar-refractivity contribution in [1.82, 2.24) is 19.7 Å². The standard InChI is InChI=1S/C20H21N5O.ClH/c1-24(2)14-15-5-4-6-17(13-15)20-22-19(23-25(20)12-11-21)16-7-9-18(26-3)10-8-16;/h4-10,13H,12,14H2,1-3H3;1H. The summed E-state index contributed by atoms with van der Waals surface area (Å²) in [6, 6.07) is 17.9. The lowest BCUT2D eigenvalue weighted by atomic mass is 10.1. The van der Waals surface area contributed by atoms with Crippen molar-refractivity contribution in [2.24, 2.45) is 0 Å². The van der Waals surface area contributed by atoms with Crippen molar-refractivity contribution in [3.8, 4) is 34.6 Å². The second-order valence-corrected chi connectivity index (χ2v) is 6.24. The predicted molar refractivity (Wildman–Crippen MR) is 108 cm³/mol. The summed E-state index contributed by atoms with van der Waals surface area (Å²) >= 11 is 0. The summed E-state index contributed by atoms with van der Waals surface area (Å²) in [5.41, 5.74) is 3.02. The molecule has 0 radical (unpaired) electrons. The minimum Gasteiger partial charge on any atom is -0.497 e. The van der Waals surface area contributed by atoms with Crippen molar-refractivity contribution in [3.05, 3.63) is 54.1 Å². The molecular weight excluding hydrogens is 362 g/mol. The van der Waals surface area contributed by atoms with Crippen molar-refractivity contribution in [1.29, 1.82) is 5.26 Å². The zero-order valence-corrected chi connectivity index (χ0v) is 16.4. The van der Waals surface area contributed by atoms with Crippen LogP contribution < -0.4 is 4.74 Å². The Morgan fingerprint density at radius 3 is 2.48 bits per heavy atom. The van der Waals surface area contributed by atoms with E-state index < -0.39 is 0 Å². The van der Waals surface area contributed by atoms with Crippen LogP contribution in [0.25, 0.3) is 22.8 Å². The number of methoxy groups -OCH3 is 1. The predicted octanol–water partition coefficient (Wildman–Crippen LogP) is 3.63. The van der Waals surface area contributed by atoms with Gasteiger partial charge in [-0.25, -0.2) is 9.67 Å². The number of nitriles is 1. The molecule has 0 bridgehead atoms. The number of hydrogen-bond acceptors (Lipinski definition) is 5. The summed E-state index contributed by atoms with van der Waals surface area (Å²) in [4.78, 5) is 6.80. The van der Waals surface area contributed by atoms with E-state index in [0.717, 1.165) is 23.4 Å². The number of hydrogen-bond donors (Lipinski definition) is 0. The third-order valence-electron chi connectivity index (χ3n) is 3.92. The Balaban J connectivity index is 0.00000261. The van der Waals surface area contributed by atoms with Gasteiger partial charge < -0.3 is 9.64 Å². The van der Waals surface area contributed by atoms with Gasteiger partial charge in [-0.05, 0) is 50.0 Å². The summed E-state index contributed by atoms with van der Waals surface area (Å²) in [5, 5.41) is 13.7. The molecule has 0 fully saturated rings. The summed E-state index contributed by atoms with van der Waals surface area (Å²) in [5.74, 6) is 2.07. The SMILES string of the molecule is COc1ccc(-c2nc(-c3cccc(CN(C)C)c3)n(CC#N)n2)cc1.Cl. The molecule has 0 atom stereocenters. The van der Waals surface area contributed by atoms with Crippen LogP contribution in [-0.4, -0.2) is 40.9 Å². The second-order valence-electron chi connectivity index (χ2n) is 6.24. The molecule has 6 nitrogen and oxygen atoms in total. The molecule has 2 aromatic carbocycles. The fraction of sp³-hybridized carbons (Fsp3) is 0.250. The topological polar surface area (TPSA) is 67.0 Å². The zero-order chi connectivity index (χ0) is 18.5. The first-order valence-electron chi connectivity index (χ1n) is 8.31. The Kier molecular flexibility index (Phi) is 6.94. The number of halogens is 1. The normalized spacial score (nSPS) is 10.3. The van der Waals surface area contributed by atoms with Crippen LogP contribution >= 0.6 is 12.4 Å². The lowest BCUT2D eigenvalue weighted by Crippen LogP contribution is -2.10. The van der Waals surface area contributed by atoms with E-state index in [1.807, 2.05) is 50.5 Å². The van der Waals surface area contributed by atoms with Crippen LogP contribution in [0.15, 0.2) is 48.5 Å². The number of benzene rings is 2. The maximum Gasteiger partial charge on any atom is 0.181 e. The molecule has 0 aliphatic carbocycles. The molecule has 3 aromatic rings. The lowest BCUT2D eigenvalue weighted by molar-refractivity contribution is 0.402. The quantitative estimate of drug-likeness (QED) is 0.650. The first kappa shape index (κ1) is 20.4. The van der Waals surface area contributed by atoms with Crippen molar-refractivity contribution in [2.45, 2.75) is 13.1 Å². The molecule has 3 rings (SSSR count). The molecule has 1 heterocycles. The molecule has 0 saturated heterocycles. The van der Waals surface area contributed by atoms with Crippen LogP contribution in [0.2, 0.25) is 0 Å². The number of ether oxygens (including phenoxy) is 1. The number of aromatic nitrogens is 3. The van der Waals surface area contributed by atoms with Crippen molar-refractivity contribution >= 4 is 12.4 Å². The summed E-state index contributed by atoms with van der Waals surface area (Å²) < 4.78 is 6.84. The van der Waals surface area contributed by atoms with E-state index in [2.05, 4.69) is 28.2 Å². The smallest absolute Gasteiger partial charge is 0.181 e. The van der Waals surface area contributed by atoms with E-state index in [0.29, 0.717) is 11.6 Å². The van der Waals surface area contributed by atoms with Crippen molar-refractivity contribution in [2.75, 3.05) is 21.2 Å². The van der Waals surface area contributed by atoms with Gasteiger partial charge in [-0.1, -0.05) is 18.2 Å². The van der Waals surface area contributed by atoms with Gasteiger partial charge in [0, 0.05) is 17.7 Å². The van der Waals surface area contributed by atoms with Gasteiger partial charge in [-0.15, -0.1) is 17.5 Å². The fourth-order valence-electron chi connectivity index (χ4n) is 2.77. The summed E-state index contributed by atoms with van der Waals surface area (Å²) in [6.07, 6.45) is 0. The minimum absolute atomic E-state index is 0. The van der Waals surface area contributed by atoms with Gasteiger partial charge in [-0.3, -0.25) is 0 Å². The average molecular weight is 384 g/mol. The monoisotopic (exact) mass is 383 g/mol. The highest BCUT2D eigenvalue weighted by Gasteiger charge is 2.14. The molecule has 0 saturated carbocycles. The molecule has 140 valence electrons. The van der Waals surface area contributed by atoms with Gasteiger partial charge in [0.25, 0.3) is 0 Å². The number of nitrogens with zero attached hydrogens (tertiary/aromatic N) is 5. The zero-order valence-electron chi connectivity index (χ0n) is 15.6. The van der Waals surface area contributed by atoms with Crippen LogP contribution in [0.4, 0.5) is 0 Å². The molecular formula is C20H22ClN5O. The molecule has 1 aromatic heterocycles.